The molecule has 0 spiro atoms. The Morgan fingerprint density at radius 1 is 1.33 bits per heavy atom. The highest BCUT2D eigenvalue weighted by Crippen LogP contribution is 2.28. The van der Waals surface area contributed by atoms with Crippen LogP contribution < -0.4 is 0 Å². The van der Waals surface area contributed by atoms with Crippen molar-refractivity contribution in [2.75, 3.05) is 13.2 Å². The molecule has 1 saturated heterocycles. The largest absolute Gasteiger partial charge is 0.378 e. The maximum absolute atomic E-state index is 12.3. The van der Waals surface area contributed by atoms with Gasteiger partial charge >= 0.3 is 0 Å². The van der Waals surface area contributed by atoms with E-state index < -0.39 is 0 Å². The molecule has 1 atom stereocenters. The van der Waals surface area contributed by atoms with Gasteiger partial charge in [-0.2, -0.15) is 0 Å². The molecule has 18 heavy (non-hydrogen) atoms. The number of ether oxygens (including phenoxy) is 1. The van der Waals surface area contributed by atoms with Crippen LogP contribution in [-0.2, 0) is 9.53 Å². The van der Waals surface area contributed by atoms with Crippen molar-refractivity contribution in [2.45, 2.75) is 70.9 Å². The number of hydrogen-bond donors (Lipinski definition) is 0. The lowest BCUT2D eigenvalue weighted by Crippen LogP contribution is -2.34. The molecule has 1 amide bonds. The van der Waals surface area contributed by atoms with Crippen molar-refractivity contribution in [1.82, 2.24) is 4.90 Å². The van der Waals surface area contributed by atoms with E-state index in [2.05, 4.69) is 18.7 Å². The van der Waals surface area contributed by atoms with Crippen LogP contribution in [0.25, 0.3) is 0 Å². The average molecular weight is 253 g/mol. The van der Waals surface area contributed by atoms with Crippen LogP contribution in [0.5, 0.6) is 0 Å². The van der Waals surface area contributed by atoms with Gasteiger partial charge in [-0.25, -0.2) is 0 Å². The van der Waals surface area contributed by atoms with Crippen LogP contribution in [0.15, 0.2) is 0 Å². The molecule has 1 unspecified atom stereocenters. The minimum absolute atomic E-state index is 0.347. The Bertz CT molecular complexity index is 268. The third-order valence-corrected chi connectivity index (χ3v) is 3.96. The number of carbonyl (C=O) groups excluding carboxylic acids is 1. The van der Waals surface area contributed by atoms with E-state index in [1.165, 1.54) is 19.3 Å². The first-order valence-corrected chi connectivity index (χ1v) is 7.58. The molecule has 0 aromatic rings. The van der Waals surface area contributed by atoms with E-state index >= 15 is 0 Å². The second kappa shape index (κ2) is 6.55. The van der Waals surface area contributed by atoms with Crippen molar-refractivity contribution in [1.29, 1.82) is 0 Å². The first kappa shape index (κ1) is 13.9. The molecule has 3 heteroatoms. The van der Waals surface area contributed by atoms with Gasteiger partial charge in [0, 0.05) is 25.6 Å². The summed E-state index contributed by atoms with van der Waals surface area (Å²) in [6.07, 6.45) is 7.81. The van der Waals surface area contributed by atoms with Crippen molar-refractivity contribution in [3.05, 3.63) is 0 Å². The van der Waals surface area contributed by atoms with E-state index in [0.29, 0.717) is 30.4 Å². The van der Waals surface area contributed by atoms with Gasteiger partial charge in [-0.15, -0.1) is 0 Å². The lowest BCUT2D eigenvalue weighted by molar-refractivity contribution is -0.132. The van der Waals surface area contributed by atoms with Crippen LogP contribution in [0.3, 0.4) is 0 Å². The van der Waals surface area contributed by atoms with E-state index in [0.717, 1.165) is 32.4 Å². The van der Waals surface area contributed by atoms with Crippen molar-refractivity contribution in [3.8, 4) is 0 Å². The highest BCUT2D eigenvalue weighted by molar-refractivity contribution is 5.76. The average Bonchev–Trinajstić information content (AvgIpc) is 3.03. The van der Waals surface area contributed by atoms with Gasteiger partial charge in [-0.05, 0) is 44.4 Å². The smallest absolute Gasteiger partial charge is 0.222 e. The molecule has 1 heterocycles. The predicted molar refractivity (Wildman–Crippen MR) is 72.4 cm³/mol. The van der Waals surface area contributed by atoms with E-state index in [1.807, 2.05) is 0 Å². The van der Waals surface area contributed by atoms with Gasteiger partial charge < -0.3 is 9.64 Å². The van der Waals surface area contributed by atoms with Crippen LogP contribution in [0.1, 0.15) is 58.8 Å². The van der Waals surface area contributed by atoms with Gasteiger partial charge in [0.15, 0.2) is 0 Å². The molecule has 1 saturated carbocycles. The van der Waals surface area contributed by atoms with E-state index in [9.17, 15) is 4.79 Å². The Morgan fingerprint density at radius 3 is 2.67 bits per heavy atom. The van der Waals surface area contributed by atoms with Crippen LogP contribution >= 0.6 is 0 Å². The fourth-order valence-corrected chi connectivity index (χ4v) is 2.59. The minimum Gasteiger partial charge on any atom is -0.378 e. The fraction of sp³-hybridized carbons (Fsp3) is 0.933. The molecule has 2 rings (SSSR count). The summed E-state index contributed by atoms with van der Waals surface area (Å²) in [5.74, 6) is 1.03. The number of hydrogen-bond acceptors (Lipinski definition) is 2. The zero-order chi connectivity index (χ0) is 13.0. The lowest BCUT2D eigenvalue weighted by atomic mass is 10.1. The number of carbonyl (C=O) groups is 1. The first-order valence-electron chi connectivity index (χ1n) is 7.58. The van der Waals surface area contributed by atoms with Gasteiger partial charge in [-0.3, -0.25) is 4.79 Å². The third kappa shape index (κ3) is 4.27. The van der Waals surface area contributed by atoms with Gasteiger partial charge in [0.2, 0.25) is 5.91 Å². The van der Waals surface area contributed by atoms with Crippen molar-refractivity contribution >= 4 is 5.91 Å². The molecule has 1 aliphatic heterocycles. The van der Waals surface area contributed by atoms with Crippen molar-refractivity contribution in [2.24, 2.45) is 5.92 Å². The van der Waals surface area contributed by atoms with E-state index in [-0.39, 0.29) is 0 Å². The summed E-state index contributed by atoms with van der Waals surface area (Å²) in [6, 6.07) is 0.556. The summed E-state index contributed by atoms with van der Waals surface area (Å²) >= 11 is 0. The highest BCUT2D eigenvalue weighted by Gasteiger charge is 2.32. The lowest BCUT2D eigenvalue weighted by Gasteiger charge is -2.24. The quantitative estimate of drug-likeness (QED) is 0.698. The summed E-state index contributed by atoms with van der Waals surface area (Å²) in [5, 5.41) is 0. The molecule has 0 aromatic carbocycles. The summed E-state index contributed by atoms with van der Waals surface area (Å²) < 4.78 is 5.59. The zero-order valence-corrected chi connectivity index (χ0v) is 11.9. The molecule has 0 radical (unpaired) electrons. The van der Waals surface area contributed by atoms with Crippen LogP contribution in [0.2, 0.25) is 0 Å². The number of nitrogens with zero attached hydrogens (tertiary/aromatic N) is 1. The van der Waals surface area contributed by atoms with E-state index in [1.54, 1.807) is 0 Å². The molecule has 0 bridgehead atoms. The third-order valence-electron chi connectivity index (χ3n) is 3.96. The standard InChI is InChI=1S/C15H27NO2/c1-12(2)9-10-16(13-5-6-13)15(17)8-7-14-4-3-11-18-14/h12-14H,3-11H2,1-2H3. The monoisotopic (exact) mass is 253 g/mol. The maximum Gasteiger partial charge on any atom is 0.222 e. The minimum atomic E-state index is 0.347. The topological polar surface area (TPSA) is 29.5 Å². The Balaban J connectivity index is 1.72. The SMILES string of the molecule is CC(C)CCN(C(=O)CCC1CCCO1)C1CC1. The summed E-state index contributed by atoms with van der Waals surface area (Å²) in [6.45, 7) is 6.29. The second-order valence-electron chi connectivity index (χ2n) is 6.17. The Labute approximate surface area is 111 Å². The van der Waals surface area contributed by atoms with Crippen molar-refractivity contribution < 1.29 is 9.53 Å². The van der Waals surface area contributed by atoms with Gasteiger partial charge in [0.1, 0.15) is 0 Å². The molecule has 0 aromatic heterocycles. The second-order valence-corrected chi connectivity index (χ2v) is 6.17. The zero-order valence-electron chi connectivity index (χ0n) is 11.9. The van der Waals surface area contributed by atoms with Crippen molar-refractivity contribution in [3.63, 3.8) is 0 Å². The fourth-order valence-electron chi connectivity index (χ4n) is 2.59. The first-order chi connectivity index (χ1) is 8.66. The van der Waals surface area contributed by atoms with Crippen LogP contribution in [0, 0.1) is 5.92 Å². The molecular weight excluding hydrogens is 226 g/mol. The van der Waals surface area contributed by atoms with Gasteiger partial charge in [0.05, 0.1) is 6.10 Å². The van der Waals surface area contributed by atoms with Crippen LogP contribution in [0.4, 0.5) is 0 Å². The highest BCUT2D eigenvalue weighted by atomic mass is 16.5. The molecule has 2 aliphatic rings. The van der Waals surface area contributed by atoms with Crippen LogP contribution in [-0.4, -0.2) is 36.1 Å². The summed E-state index contributed by atoms with van der Waals surface area (Å²) in [7, 11) is 0. The number of rotatable bonds is 7. The molecule has 3 nitrogen and oxygen atoms in total. The normalized spacial score (nSPS) is 23.6. The Hall–Kier alpha value is -0.570. The van der Waals surface area contributed by atoms with E-state index in [4.69, 9.17) is 4.74 Å². The Kier molecular flexibility index (Phi) is 5.04. The summed E-state index contributed by atoms with van der Waals surface area (Å²) in [4.78, 5) is 14.4. The van der Waals surface area contributed by atoms with Gasteiger partial charge in [0.25, 0.3) is 0 Å². The number of amides is 1. The predicted octanol–water partition coefficient (Wildman–Crippen LogP) is 2.98. The molecule has 2 fully saturated rings. The Morgan fingerprint density at radius 2 is 2.11 bits per heavy atom. The molecule has 104 valence electrons. The molecular formula is C15H27NO2. The molecule has 0 N–H and O–H groups in total. The summed E-state index contributed by atoms with van der Waals surface area (Å²) in [5.41, 5.74) is 0. The maximum atomic E-state index is 12.3. The van der Waals surface area contributed by atoms with Gasteiger partial charge in [-0.1, -0.05) is 13.8 Å². The molecule has 1 aliphatic carbocycles.